The van der Waals surface area contributed by atoms with Crippen LogP contribution >= 0.6 is 11.3 Å². The van der Waals surface area contributed by atoms with E-state index in [-0.39, 0.29) is 5.91 Å². The maximum atomic E-state index is 14.0. The van der Waals surface area contributed by atoms with E-state index < -0.39 is 17.7 Å². The van der Waals surface area contributed by atoms with Crippen molar-refractivity contribution in [3.63, 3.8) is 0 Å². The highest BCUT2D eigenvalue weighted by molar-refractivity contribution is 7.09. The molecular weight excluding hydrogens is 474 g/mol. The Morgan fingerprint density at radius 1 is 1.08 bits per heavy atom. The minimum absolute atomic E-state index is 0.206. The second-order valence-corrected chi connectivity index (χ2v) is 10.8. The van der Waals surface area contributed by atoms with E-state index in [0.29, 0.717) is 19.5 Å². The summed E-state index contributed by atoms with van der Waals surface area (Å²) in [7, 11) is 0. The summed E-state index contributed by atoms with van der Waals surface area (Å²) < 4.78 is 10.9. The van der Waals surface area contributed by atoms with Gasteiger partial charge in [-0.15, -0.1) is 11.3 Å². The fourth-order valence-corrected chi connectivity index (χ4v) is 4.55. The predicted octanol–water partition coefficient (Wildman–Crippen LogP) is 5.86. The molecule has 0 saturated heterocycles. The number of furan rings is 1. The van der Waals surface area contributed by atoms with Crippen LogP contribution in [-0.4, -0.2) is 33.5 Å². The van der Waals surface area contributed by atoms with E-state index in [1.807, 2.05) is 66.9 Å². The maximum absolute atomic E-state index is 14.0. The molecule has 2 aromatic carbocycles. The minimum Gasteiger partial charge on any atom is -0.464 e. The molecule has 4 aromatic rings. The van der Waals surface area contributed by atoms with Crippen LogP contribution in [0.5, 0.6) is 0 Å². The molecule has 4 rings (SSSR count). The van der Waals surface area contributed by atoms with Gasteiger partial charge in [0.2, 0.25) is 5.91 Å². The summed E-state index contributed by atoms with van der Waals surface area (Å²) in [5, 5.41) is 6.68. The molecule has 0 bridgehead atoms. The molecule has 1 unspecified atom stereocenters. The molecule has 0 aliphatic heterocycles. The zero-order chi connectivity index (χ0) is 25.7. The molecule has 0 fully saturated rings. The average Bonchev–Trinajstić information content (AvgIpc) is 3.45. The number of ether oxygens (including phenoxy) is 1. The Balaban J connectivity index is 1.62. The summed E-state index contributed by atoms with van der Waals surface area (Å²) in [6.45, 7) is 8.01. The van der Waals surface area contributed by atoms with Gasteiger partial charge in [-0.05, 0) is 57.0 Å². The summed E-state index contributed by atoms with van der Waals surface area (Å²) in [4.78, 5) is 33.0. The van der Waals surface area contributed by atoms with Gasteiger partial charge in [0.25, 0.3) is 0 Å². The number of carbonyl (C=O) groups excluding carboxylic acids is 2. The van der Waals surface area contributed by atoms with Gasteiger partial charge in [0.15, 0.2) is 0 Å². The smallest absolute Gasteiger partial charge is 0.408 e. The van der Waals surface area contributed by atoms with Crippen LogP contribution in [0.2, 0.25) is 0 Å². The molecule has 1 N–H and O–H groups in total. The Kier molecular flexibility index (Phi) is 7.74. The van der Waals surface area contributed by atoms with Crippen LogP contribution < -0.4 is 5.32 Å². The second-order valence-electron chi connectivity index (χ2n) is 9.73. The van der Waals surface area contributed by atoms with E-state index in [1.165, 1.54) is 0 Å². The van der Waals surface area contributed by atoms with Crippen molar-refractivity contribution in [3.8, 4) is 0 Å². The van der Waals surface area contributed by atoms with E-state index in [2.05, 4.69) is 10.3 Å². The van der Waals surface area contributed by atoms with Gasteiger partial charge in [-0.1, -0.05) is 36.4 Å². The number of nitrogens with one attached hydrogen (secondary N) is 1. The third-order valence-electron chi connectivity index (χ3n) is 5.49. The quantitative estimate of drug-likeness (QED) is 0.324. The monoisotopic (exact) mass is 505 g/mol. The molecule has 188 valence electrons. The van der Waals surface area contributed by atoms with Crippen LogP contribution in [0.25, 0.3) is 11.0 Å². The van der Waals surface area contributed by atoms with Crippen LogP contribution in [0, 0.1) is 6.92 Å². The van der Waals surface area contributed by atoms with E-state index >= 15 is 0 Å². The highest BCUT2D eigenvalue weighted by Gasteiger charge is 2.29. The maximum Gasteiger partial charge on any atom is 0.408 e. The lowest BCUT2D eigenvalue weighted by molar-refractivity contribution is -0.134. The summed E-state index contributed by atoms with van der Waals surface area (Å²) >= 11 is 1.54. The molecule has 2 aromatic heterocycles. The Morgan fingerprint density at radius 3 is 2.56 bits per heavy atom. The van der Waals surface area contributed by atoms with Gasteiger partial charge in [0.1, 0.15) is 17.2 Å². The molecule has 0 aliphatic rings. The van der Waals surface area contributed by atoms with Gasteiger partial charge in [0.05, 0.1) is 23.5 Å². The largest absolute Gasteiger partial charge is 0.464 e. The van der Waals surface area contributed by atoms with Gasteiger partial charge in [-0.3, -0.25) is 4.79 Å². The number of benzene rings is 2. The molecule has 0 spiro atoms. The first kappa shape index (κ1) is 25.4. The van der Waals surface area contributed by atoms with E-state index in [4.69, 9.17) is 9.15 Å². The lowest BCUT2D eigenvalue weighted by Gasteiger charge is -2.29. The van der Waals surface area contributed by atoms with Gasteiger partial charge in [0, 0.05) is 23.7 Å². The number of hydrogen-bond acceptors (Lipinski definition) is 6. The number of fused-ring (bicyclic) bond motifs is 1. The van der Waals surface area contributed by atoms with Crippen molar-refractivity contribution in [3.05, 3.63) is 88.1 Å². The Labute approximate surface area is 215 Å². The van der Waals surface area contributed by atoms with E-state index in [1.54, 1.807) is 43.3 Å². The Morgan fingerprint density at radius 2 is 1.86 bits per heavy atom. The predicted molar refractivity (Wildman–Crippen MR) is 141 cm³/mol. The van der Waals surface area contributed by atoms with Crippen molar-refractivity contribution in [2.75, 3.05) is 0 Å². The van der Waals surface area contributed by atoms with Crippen molar-refractivity contribution < 1.29 is 18.7 Å². The molecule has 0 radical (unpaired) electrons. The molecule has 7 nitrogen and oxygen atoms in total. The van der Waals surface area contributed by atoms with Crippen molar-refractivity contribution in [1.82, 2.24) is 15.2 Å². The van der Waals surface area contributed by atoms with E-state index in [0.717, 1.165) is 32.8 Å². The van der Waals surface area contributed by atoms with Gasteiger partial charge in [-0.25, -0.2) is 9.78 Å². The number of amides is 2. The van der Waals surface area contributed by atoms with Crippen LogP contribution in [0.15, 0.2) is 70.7 Å². The zero-order valence-electron chi connectivity index (χ0n) is 21.0. The molecule has 0 saturated carbocycles. The Hall–Kier alpha value is -3.65. The highest BCUT2D eigenvalue weighted by atomic mass is 32.1. The van der Waals surface area contributed by atoms with Gasteiger partial charge >= 0.3 is 6.09 Å². The standard InChI is InChI=1S/C28H31N3O4S/c1-19-29-23(18-36-19)17-31(16-21-10-11-25-22(14-21)12-13-34-25)26(32)24(15-20-8-6-5-7-9-20)30-27(33)35-28(2,3)4/h5-14,18,24H,15-17H2,1-4H3,(H,30,33). The molecule has 1 atom stereocenters. The van der Waals surface area contributed by atoms with Crippen molar-refractivity contribution in [2.24, 2.45) is 0 Å². The third-order valence-corrected chi connectivity index (χ3v) is 6.32. The van der Waals surface area contributed by atoms with Crippen LogP contribution in [-0.2, 0) is 29.0 Å². The topological polar surface area (TPSA) is 84.7 Å². The summed E-state index contributed by atoms with van der Waals surface area (Å²) in [5.41, 5.74) is 2.82. The number of hydrogen-bond donors (Lipinski definition) is 1. The van der Waals surface area contributed by atoms with Gasteiger partial charge in [-0.2, -0.15) is 0 Å². The lowest BCUT2D eigenvalue weighted by atomic mass is 10.0. The lowest BCUT2D eigenvalue weighted by Crippen LogP contribution is -2.50. The van der Waals surface area contributed by atoms with Crippen molar-refractivity contribution in [1.29, 1.82) is 0 Å². The van der Waals surface area contributed by atoms with Gasteiger partial charge < -0.3 is 19.4 Å². The number of aryl methyl sites for hydroxylation is 1. The third kappa shape index (κ3) is 6.95. The SMILES string of the molecule is Cc1nc(CN(Cc2ccc3occc3c2)C(=O)C(Cc2ccccc2)NC(=O)OC(C)(C)C)cs1. The number of thiazole rings is 1. The molecule has 2 heterocycles. The van der Waals surface area contributed by atoms with E-state index in [9.17, 15) is 9.59 Å². The first-order valence-electron chi connectivity index (χ1n) is 11.9. The van der Waals surface area contributed by atoms with Crippen LogP contribution in [0.3, 0.4) is 0 Å². The molecule has 2 amide bonds. The number of alkyl carbamates (subject to hydrolysis) is 1. The first-order valence-corrected chi connectivity index (χ1v) is 12.7. The molecule has 36 heavy (non-hydrogen) atoms. The van der Waals surface area contributed by atoms with Crippen molar-refractivity contribution >= 4 is 34.3 Å². The number of carbonyl (C=O) groups is 2. The van der Waals surface area contributed by atoms with Crippen molar-refractivity contribution in [2.45, 2.75) is 58.8 Å². The normalized spacial score (nSPS) is 12.3. The number of nitrogens with zero attached hydrogens (tertiary/aromatic N) is 2. The highest BCUT2D eigenvalue weighted by Crippen LogP contribution is 2.21. The minimum atomic E-state index is -0.806. The fraction of sp³-hybridized carbons (Fsp3) is 0.321. The summed E-state index contributed by atoms with van der Waals surface area (Å²) in [6.07, 6.45) is 1.36. The average molecular weight is 506 g/mol. The zero-order valence-corrected chi connectivity index (χ0v) is 21.8. The molecule has 0 aliphatic carbocycles. The second kappa shape index (κ2) is 11.0. The van der Waals surface area contributed by atoms with Crippen LogP contribution in [0.4, 0.5) is 4.79 Å². The number of aromatic nitrogens is 1. The molecular formula is C28H31N3O4S. The first-order chi connectivity index (χ1) is 17.2. The number of rotatable bonds is 8. The fourth-order valence-electron chi connectivity index (χ4n) is 3.94. The Bertz CT molecular complexity index is 1320. The summed E-state index contributed by atoms with van der Waals surface area (Å²) in [6, 6.07) is 16.6. The summed E-state index contributed by atoms with van der Waals surface area (Å²) in [5.74, 6) is -0.206. The van der Waals surface area contributed by atoms with Crippen LogP contribution in [0.1, 0.15) is 42.6 Å². The molecule has 8 heteroatoms.